The lowest BCUT2D eigenvalue weighted by Crippen LogP contribution is -2.35. The fourth-order valence-electron chi connectivity index (χ4n) is 2.12. The van der Waals surface area contributed by atoms with Gasteiger partial charge in [0.2, 0.25) is 0 Å². The van der Waals surface area contributed by atoms with Crippen molar-refractivity contribution in [3.8, 4) is 0 Å². The van der Waals surface area contributed by atoms with E-state index >= 15 is 0 Å². The van der Waals surface area contributed by atoms with E-state index in [-0.39, 0.29) is 0 Å². The van der Waals surface area contributed by atoms with Gasteiger partial charge in [-0.15, -0.1) is 0 Å². The van der Waals surface area contributed by atoms with E-state index in [1.807, 2.05) is 24.0 Å². The zero-order valence-corrected chi connectivity index (χ0v) is 9.08. The van der Waals surface area contributed by atoms with Crippen LogP contribution in [-0.2, 0) is 7.05 Å². The fraction of sp³-hybridized carbons (Fsp3) is 0.727. The molecule has 0 bridgehead atoms. The lowest BCUT2D eigenvalue weighted by atomic mass is 9.67. The molecular weight excluding hydrogens is 174 g/mol. The van der Waals surface area contributed by atoms with Crippen molar-refractivity contribution in [2.45, 2.75) is 32.6 Å². The fourth-order valence-corrected chi connectivity index (χ4v) is 2.12. The lowest BCUT2D eigenvalue weighted by Gasteiger charge is -2.41. The molecule has 2 rings (SSSR count). The molecule has 78 valence electrons. The molecule has 0 saturated heterocycles. The van der Waals surface area contributed by atoms with Crippen molar-refractivity contribution in [2.24, 2.45) is 12.5 Å². The molecule has 0 atom stereocenters. The summed E-state index contributed by atoms with van der Waals surface area (Å²) < 4.78 is 1.84. The number of hydrogen-bond donors (Lipinski definition) is 1. The Kier molecular flexibility index (Phi) is 2.48. The molecule has 0 radical (unpaired) electrons. The molecule has 1 fully saturated rings. The van der Waals surface area contributed by atoms with Crippen LogP contribution in [0.15, 0.2) is 12.3 Å². The van der Waals surface area contributed by atoms with E-state index in [4.69, 9.17) is 0 Å². The van der Waals surface area contributed by atoms with Gasteiger partial charge in [-0.25, -0.2) is 0 Å². The number of aromatic nitrogens is 2. The van der Waals surface area contributed by atoms with Crippen molar-refractivity contribution in [3.05, 3.63) is 12.3 Å². The highest BCUT2D eigenvalue weighted by Gasteiger charge is 2.34. The summed E-state index contributed by atoms with van der Waals surface area (Å²) in [4.78, 5) is 0. The monoisotopic (exact) mass is 193 g/mol. The highest BCUT2D eigenvalue weighted by atomic mass is 15.3. The van der Waals surface area contributed by atoms with Crippen LogP contribution in [0.1, 0.15) is 32.6 Å². The zero-order valence-electron chi connectivity index (χ0n) is 9.08. The minimum absolute atomic E-state index is 0.567. The summed E-state index contributed by atoms with van der Waals surface area (Å²) in [6.45, 7) is 3.37. The van der Waals surface area contributed by atoms with Gasteiger partial charge < -0.3 is 5.32 Å². The lowest BCUT2D eigenvalue weighted by molar-refractivity contribution is 0.145. The molecule has 1 N–H and O–H groups in total. The van der Waals surface area contributed by atoms with Gasteiger partial charge in [0, 0.05) is 25.9 Å². The summed E-state index contributed by atoms with van der Waals surface area (Å²) in [7, 11) is 1.95. The van der Waals surface area contributed by atoms with Gasteiger partial charge in [-0.05, 0) is 24.7 Å². The Morgan fingerprint density at radius 1 is 1.57 bits per heavy atom. The Balaban J connectivity index is 1.87. The molecule has 0 unspecified atom stereocenters. The molecule has 14 heavy (non-hydrogen) atoms. The molecule has 1 heterocycles. The molecule has 0 aromatic carbocycles. The largest absolute Gasteiger partial charge is 0.368 e. The van der Waals surface area contributed by atoms with Crippen molar-refractivity contribution >= 4 is 5.82 Å². The van der Waals surface area contributed by atoms with Gasteiger partial charge in [0.15, 0.2) is 0 Å². The number of rotatable bonds is 4. The van der Waals surface area contributed by atoms with Gasteiger partial charge in [-0.1, -0.05) is 13.3 Å². The van der Waals surface area contributed by atoms with Crippen LogP contribution in [0.3, 0.4) is 0 Å². The van der Waals surface area contributed by atoms with Crippen LogP contribution in [-0.4, -0.2) is 16.3 Å². The number of nitrogens with zero attached hydrogens (tertiary/aromatic N) is 2. The first-order valence-corrected chi connectivity index (χ1v) is 5.48. The summed E-state index contributed by atoms with van der Waals surface area (Å²) in [6, 6.07) is 2.03. The Hall–Kier alpha value is -0.990. The van der Waals surface area contributed by atoms with Crippen LogP contribution >= 0.6 is 0 Å². The molecule has 1 aromatic rings. The van der Waals surface area contributed by atoms with E-state index in [1.54, 1.807) is 0 Å². The zero-order chi connectivity index (χ0) is 10.0. The van der Waals surface area contributed by atoms with Gasteiger partial charge in [0.05, 0.1) is 0 Å². The Labute approximate surface area is 85.5 Å². The smallest absolute Gasteiger partial charge is 0.147 e. The molecule has 3 heteroatoms. The summed E-state index contributed by atoms with van der Waals surface area (Å²) in [5, 5.41) is 7.74. The predicted molar refractivity (Wildman–Crippen MR) is 58.3 cm³/mol. The quantitative estimate of drug-likeness (QED) is 0.795. The topological polar surface area (TPSA) is 29.9 Å². The van der Waals surface area contributed by atoms with E-state index in [1.165, 1.54) is 25.7 Å². The molecule has 0 spiro atoms. The van der Waals surface area contributed by atoms with Gasteiger partial charge in [-0.2, -0.15) is 5.10 Å². The average Bonchev–Trinajstić information content (AvgIpc) is 2.50. The van der Waals surface area contributed by atoms with Crippen molar-refractivity contribution in [1.29, 1.82) is 0 Å². The standard InChI is InChI=1S/C11H19N3/c1-3-11(6-4-7-11)9-12-10-5-8-14(2)13-10/h5,8H,3-4,6-7,9H2,1-2H3,(H,12,13). The number of anilines is 1. The molecule has 1 saturated carbocycles. The highest BCUT2D eigenvalue weighted by molar-refractivity contribution is 5.32. The summed E-state index contributed by atoms with van der Waals surface area (Å²) in [5.74, 6) is 1.01. The first-order chi connectivity index (χ1) is 6.74. The highest BCUT2D eigenvalue weighted by Crippen LogP contribution is 2.43. The minimum atomic E-state index is 0.567. The maximum atomic E-state index is 4.31. The van der Waals surface area contributed by atoms with E-state index in [0.29, 0.717) is 5.41 Å². The number of hydrogen-bond acceptors (Lipinski definition) is 2. The second kappa shape index (κ2) is 3.64. The van der Waals surface area contributed by atoms with E-state index in [0.717, 1.165) is 12.4 Å². The summed E-state index contributed by atoms with van der Waals surface area (Å²) in [5.41, 5.74) is 0.567. The van der Waals surface area contributed by atoms with Gasteiger partial charge in [-0.3, -0.25) is 4.68 Å². The minimum Gasteiger partial charge on any atom is -0.368 e. The van der Waals surface area contributed by atoms with Crippen molar-refractivity contribution in [1.82, 2.24) is 9.78 Å². The molecule has 0 aliphatic heterocycles. The molecule has 0 amide bonds. The van der Waals surface area contributed by atoms with Gasteiger partial charge in [0.1, 0.15) is 5.82 Å². The van der Waals surface area contributed by atoms with Crippen LogP contribution in [0.2, 0.25) is 0 Å². The maximum Gasteiger partial charge on any atom is 0.147 e. The number of nitrogens with one attached hydrogen (secondary N) is 1. The third kappa shape index (κ3) is 1.76. The Morgan fingerprint density at radius 2 is 2.36 bits per heavy atom. The average molecular weight is 193 g/mol. The predicted octanol–water partition coefficient (Wildman–Crippen LogP) is 2.41. The third-order valence-corrected chi connectivity index (χ3v) is 3.52. The molecule has 1 aromatic heterocycles. The van der Waals surface area contributed by atoms with Crippen LogP contribution in [0.4, 0.5) is 5.82 Å². The first kappa shape index (κ1) is 9.56. The first-order valence-electron chi connectivity index (χ1n) is 5.48. The SMILES string of the molecule is CCC1(CNc2ccn(C)n2)CCC1. The van der Waals surface area contributed by atoms with Crippen LogP contribution < -0.4 is 5.32 Å². The Bertz CT molecular complexity index is 294. The van der Waals surface area contributed by atoms with Crippen molar-refractivity contribution < 1.29 is 0 Å². The van der Waals surface area contributed by atoms with Crippen molar-refractivity contribution in [2.75, 3.05) is 11.9 Å². The molecular formula is C11H19N3. The molecule has 1 aliphatic rings. The maximum absolute atomic E-state index is 4.31. The summed E-state index contributed by atoms with van der Waals surface area (Å²) in [6.07, 6.45) is 7.42. The third-order valence-electron chi connectivity index (χ3n) is 3.52. The van der Waals surface area contributed by atoms with E-state index in [2.05, 4.69) is 17.3 Å². The summed E-state index contributed by atoms with van der Waals surface area (Å²) >= 11 is 0. The Morgan fingerprint density at radius 3 is 2.79 bits per heavy atom. The second-order valence-corrected chi connectivity index (χ2v) is 4.44. The van der Waals surface area contributed by atoms with Crippen LogP contribution in [0, 0.1) is 5.41 Å². The van der Waals surface area contributed by atoms with E-state index < -0.39 is 0 Å². The number of aryl methyl sites for hydroxylation is 1. The molecule has 1 aliphatic carbocycles. The van der Waals surface area contributed by atoms with Gasteiger partial charge >= 0.3 is 0 Å². The van der Waals surface area contributed by atoms with E-state index in [9.17, 15) is 0 Å². The van der Waals surface area contributed by atoms with Gasteiger partial charge in [0.25, 0.3) is 0 Å². The second-order valence-electron chi connectivity index (χ2n) is 4.44. The van der Waals surface area contributed by atoms with Crippen LogP contribution in [0.5, 0.6) is 0 Å². The van der Waals surface area contributed by atoms with Crippen molar-refractivity contribution in [3.63, 3.8) is 0 Å². The normalized spacial score (nSPS) is 19.0. The van der Waals surface area contributed by atoms with Crippen LogP contribution in [0.25, 0.3) is 0 Å². The molecule has 3 nitrogen and oxygen atoms in total.